The zero-order valence-electron chi connectivity index (χ0n) is 18.3. The molecule has 0 heterocycles. The van der Waals surface area contributed by atoms with Gasteiger partial charge >= 0.3 is 0 Å². The van der Waals surface area contributed by atoms with Gasteiger partial charge in [-0.15, -0.1) is 0 Å². The summed E-state index contributed by atoms with van der Waals surface area (Å²) < 4.78 is 0. The molecule has 160 valence electrons. The molecule has 5 heteroatoms. The maximum atomic E-state index is 12.4. The third-order valence-electron chi connectivity index (χ3n) is 4.70. The monoisotopic (exact) mass is 401 g/mol. The largest absolute Gasteiger partial charge is 0.504 e. The summed E-state index contributed by atoms with van der Waals surface area (Å²) in [5.74, 6) is -0.713. The van der Waals surface area contributed by atoms with Crippen molar-refractivity contribution in [3.63, 3.8) is 0 Å². The van der Waals surface area contributed by atoms with Gasteiger partial charge in [0.15, 0.2) is 11.5 Å². The lowest BCUT2D eigenvalue weighted by atomic mass is 10.1. The second-order valence-electron chi connectivity index (χ2n) is 7.88. The number of benzene rings is 1. The minimum absolute atomic E-state index is 0.0935. The van der Waals surface area contributed by atoms with Gasteiger partial charge in [0.05, 0.1) is 12.6 Å². The van der Waals surface area contributed by atoms with Crippen molar-refractivity contribution >= 4 is 5.91 Å². The van der Waals surface area contributed by atoms with Crippen LogP contribution in [0, 0.1) is 0 Å². The summed E-state index contributed by atoms with van der Waals surface area (Å²) in [6.07, 6.45) is 8.95. The van der Waals surface area contributed by atoms with Gasteiger partial charge in [0, 0.05) is 13.1 Å². The maximum absolute atomic E-state index is 12.4. The van der Waals surface area contributed by atoms with Crippen LogP contribution < -0.4 is 0 Å². The Hall–Kier alpha value is -2.53. The lowest BCUT2D eigenvalue weighted by molar-refractivity contribution is -0.126. The molecular weight excluding hydrogens is 366 g/mol. The Balaban J connectivity index is 2.51. The summed E-state index contributed by atoms with van der Waals surface area (Å²) in [4.78, 5) is 13.8. The predicted octanol–water partition coefficient (Wildman–Crippen LogP) is 5.01. The van der Waals surface area contributed by atoms with E-state index in [0.29, 0.717) is 5.56 Å². The van der Waals surface area contributed by atoms with Crippen molar-refractivity contribution in [1.29, 1.82) is 0 Å². The summed E-state index contributed by atoms with van der Waals surface area (Å²) in [6, 6.07) is 4.13. The Labute approximate surface area is 174 Å². The van der Waals surface area contributed by atoms with Crippen LogP contribution in [0.3, 0.4) is 0 Å². The molecule has 0 saturated heterocycles. The molecule has 0 spiro atoms. The molecule has 1 aromatic rings. The highest BCUT2D eigenvalue weighted by Crippen LogP contribution is 2.28. The summed E-state index contributed by atoms with van der Waals surface area (Å²) in [6.45, 7) is 8.38. The number of carbonyl (C=O) groups is 1. The summed E-state index contributed by atoms with van der Waals surface area (Å²) in [7, 11) is 1.63. The van der Waals surface area contributed by atoms with Crippen molar-refractivity contribution in [2.75, 3.05) is 13.6 Å². The summed E-state index contributed by atoms with van der Waals surface area (Å²) in [5.41, 5.74) is 4.13. The Kier molecular flexibility index (Phi) is 10.2. The standard InChI is InChI=1S/C24H35NO4/c1-17(2)8-6-9-18(3)10-7-11-19(4)14-24(29)25(5)16-23(28)20-12-13-21(26)22(27)15-20/h8,10,12-15,23,26-28H,6-7,9,11,16H2,1-5H3/t23-/m0/s1. The number of phenols is 2. The first kappa shape index (κ1) is 24.5. The predicted molar refractivity (Wildman–Crippen MR) is 118 cm³/mol. The SMILES string of the molecule is CC(C)=CCCC(C)=CCCC(C)=CC(=O)N(C)C[C@H](O)c1ccc(O)c(O)c1. The van der Waals surface area contributed by atoms with Crippen LogP contribution in [0.4, 0.5) is 0 Å². The van der Waals surface area contributed by atoms with Gasteiger partial charge in [-0.1, -0.05) is 34.9 Å². The third kappa shape index (κ3) is 9.48. The molecule has 0 fully saturated rings. The molecule has 1 rings (SSSR count). The van der Waals surface area contributed by atoms with Gasteiger partial charge < -0.3 is 20.2 Å². The molecule has 3 N–H and O–H groups in total. The first-order chi connectivity index (χ1) is 13.6. The number of hydrogen-bond acceptors (Lipinski definition) is 4. The Bertz CT molecular complexity index is 773. The molecule has 1 atom stereocenters. The number of rotatable bonds is 10. The van der Waals surface area contributed by atoms with E-state index in [9.17, 15) is 20.1 Å². The van der Waals surface area contributed by atoms with Crippen LogP contribution in [0.2, 0.25) is 0 Å². The number of hydrogen-bond donors (Lipinski definition) is 3. The molecule has 29 heavy (non-hydrogen) atoms. The van der Waals surface area contributed by atoms with Gasteiger partial charge in [0.1, 0.15) is 0 Å². The van der Waals surface area contributed by atoms with E-state index in [0.717, 1.165) is 31.3 Å². The van der Waals surface area contributed by atoms with Crippen LogP contribution in [0.5, 0.6) is 11.5 Å². The van der Waals surface area contributed by atoms with E-state index in [4.69, 9.17) is 0 Å². The fraction of sp³-hybridized carbons (Fsp3) is 0.458. The molecule has 0 aromatic heterocycles. The molecule has 1 amide bonds. The van der Waals surface area contributed by atoms with Crippen molar-refractivity contribution < 1.29 is 20.1 Å². The van der Waals surface area contributed by atoms with Gasteiger partial charge in [0.2, 0.25) is 5.91 Å². The first-order valence-corrected chi connectivity index (χ1v) is 10.0. The lowest BCUT2D eigenvalue weighted by Gasteiger charge is -2.20. The number of aromatic hydroxyl groups is 2. The molecule has 0 radical (unpaired) electrons. The molecule has 0 aliphatic heterocycles. The van der Waals surface area contributed by atoms with E-state index >= 15 is 0 Å². The summed E-state index contributed by atoms with van der Waals surface area (Å²) in [5, 5.41) is 29.2. The number of aliphatic hydroxyl groups excluding tert-OH is 1. The first-order valence-electron chi connectivity index (χ1n) is 10.0. The van der Waals surface area contributed by atoms with Crippen molar-refractivity contribution in [2.45, 2.75) is 59.5 Å². The van der Waals surface area contributed by atoms with Crippen LogP contribution >= 0.6 is 0 Å². The number of amides is 1. The van der Waals surface area contributed by atoms with Crippen molar-refractivity contribution in [3.05, 3.63) is 58.7 Å². The quantitative estimate of drug-likeness (QED) is 0.292. The second-order valence-corrected chi connectivity index (χ2v) is 7.88. The van der Waals surface area contributed by atoms with Crippen LogP contribution in [0.1, 0.15) is 65.0 Å². The maximum Gasteiger partial charge on any atom is 0.246 e. The number of allylic oxidation sites excluding steroid dienone is 5. The Morgan fingerprint density at radius 1 is 1.00 bits per heavy atom. The lowest BCUT2D eigenvalue weighted by Crippen LogP contribution is -2.29. The van der Waals surface area contributed by atoms with Crippen LogP contribution in [-0.2, 0) is 4.79 Å². The zero-order chi connectivity index (χ0) is 22.0. The smallest absolute Gasteiger partial charge is 0.246 e. The number of carbonyl (C=O) groups excluding carboxylic acids is 1. The van der Waals surface area contributed by atoms with E-state index in [2.05, 4.69) is 32.9 Å². The minimum atomic E-state index is -0.949. The second kappa shape index (κ2) is 12.1. The highest BCUT2D eigenvalue weighted by molar-refractivity contribution is 5.88. The number of aliphatic hydroxyl groups is 1. The zero-order valence-corrected chi connectivity index (χ0v) is 18.3. The van der Waals surface area contributed by atoms with E-state index in [1.807, 2.05) is 6.92 Å². The Morgan fingerprint density at radius 2 is 1.62 bits per heavy atom. The fourth-order valence-corrected chi connectivity index (χ4v) is 2.83. The van der Waals surface area contributed by atoms with E-state index in [1.165, 1.54) is 34.2 Å². The van der Waals surface area contributed by atoms with E-state index < -0.39 is 6.10 Å². The molecule has 0 aliphatic carbocycles. The van der Waals surface area contributed by atoms with Crippen LogP contribution in [0.25, 0.3) is 0 Å². The van der Waals surface area contributed by atoms with Gasteiger partial charge in [-0.25, -0.2) is 0 Å². The molecule has 0 bridgehead atoms. The minimum Gasteiger partial charge on any atom is -0.504 e. The highest BCUT2D eigenvalue weighted by Gasteiger charge is 2.15. The molecule has 5 nitrogen and oxygen atoms in total. The van der Waals surface area contributed by atoms with Crippen molar-refractivity contribution in [1.82, 2.24) is 4.90 Å². The van der Waals surface area contributed by atoms with E-state index in [-0.39, 0.29) is 24.0 Å². The Morgan fingerprint density at radius 3 is 2.24 bits per heavy atom. The average Bonchev–Trinajstić information content (AvgIpc) is 2.63. The molecule has 0 unspecified atom stereocenters. The van der Waals surface area contributed by atoms with Gasteiger partial charge in [-0.05, 0) is 71.1 Å². The molecule has 0 saturated carbocycles. The van der Waals surface area contributed by atoms with Gasteiger partial charge in [-0.3, -0.25) is 4.79 Å². The number of phenolic OH excluding ortho intramolecular Hbond substituents is 2. The van der Waals surface area contributed by atoms with E-state index in [1.54, 1.807) is 13.1 Å². The van der Waals surface area contributed by atoms with Crippen LogP contribution in [0.15, 0.2) is 53.1 Å². The normalized spacial score (nSPS) is 13.2. The molecule has 0 aliphatic rings. The fourth-order valence-electron chi connectivity index (χ4n) is 2.83. The average molecular weight is 402 g/mol. The highest BCUT2D eigenvalue weighted by atomic mass is 16.3. The summed E-state index contributed by atoms with van der Waals surface area (Å²) >= 11 is 0. The molecular formula is C24H35NO4. The third-order valence-corrected chi connectivity index (χ3v) is 4.70. The number of nitrogens with zero attached hydrogens (tertiary/aromatic N) is 1. The van der Waals surface area contributed by atoms with Gasteiger partial charge in [0.25, 0.3) is 0 Å². The topological polar surface area (TPSA) is 81.0 Å². The van der Waals surface area contributed by atoms with Crippen molar-refractivity contribution in [2.24, 2.45) is 0 Å². The van der Waals surface area contributed by atoms with Crippen LogP contribution in [-0.4, -0.2) is 39.7 Å². The number of likely N-dealkylation sites (N-methyl/N-ethyl adjacent to an activating group) is 1. The molecule has 1 aromatic carbocycles. The van der Waals surface area contributed by atoms with Crippen molar-refractivity contribution in [3.8, 4) is 11.5 Å². The van der Waals surface area contributed by atoms with Gasteiger partial charge in [-0.2, -0.15) is 0 Å².